The van der Waals surface area contributed by atoms with Crippen LogP contribution in [0.3, 0.4) is 0 Å². The zero-order valence-electron chi connectivity index (χ0n) is 12.6. The fraction of sp³-hybridized carbons (Fsp3) is 0.529. The van der Waals surface area contributed by atoms with Crippen molar-refractivity contribution in [3.63, 3.8) is 0 Å². The van der Waals surface area contributed by atoms with Crippen molar-refractivity contribution in [1.82, 2.24) is 5.32 Å². The number of benzene rings is 1. The second-order valence-electron chi connectivity index (χ2n) is 5.23. The van der Waals surface area contributed by atoms with Crippen LogP contribution in [0.1, 0.15) is 57.1 Å². The molecule has 1 rings (SSSR count). The maximum Gasteiger partial charge on any atom is 0.194 e. The molecule has 0 amide bonds. The highest BCUT2D eigenvalue weighted by atomic mass is 19.2. The van der Waals surface area contributed by atoms with Crippen molar-refractivity contribution in [2.75, 3.05) is 6.54 Å². The lowest BCUT2D eigenvalue weighted by atomic mass is 9.99. The first-order chi connectivity index (χ1) is 10.1. The van der Waals surface area contributed by atoms with E-state index in [0.717, 1.165) is 57.2 Å². The minimum atomic E-state index is -1.40. The molecule has 0 heterocycles. The molecule has 0 radical (unpaired) electrons. The third-order valence-corrected chi connectivity index (χ3v) is 3.45. The quantitative estimate of drug-likeness (QED) is 0.352. The predicted molar refractivity (Wildman–Crippen MR) is 80.6 cm³/mol. The molecule has 4 heteroatoms. The molecule has 0 aliphatic rings. The van der Waals surface area contributed by atoms with E-state index in [4.69, 9.17) is 0 Å². The third kappa shape index (κ3) is 5.92. The molecule has 0 aliphatic heterocycles. The lowest BCUT2D eigenvalue weighted by molar-refractivity contribution is 0.431. The fourth-order valence-corrected chi connectivity index (χ4v) is 2.30. The molecule has 118 valence electrons. The van der Waals surface area contributed by atoms with Crippen LogP contribution in [0.2, 0.25) is 0 Å². The number of allylic oxidation sites excluding steroid dienone is 1. The standard InChI is InChI=1S/C17H24F3N/c1-3-5-6-7-8-9-16(21-10-4-2)13-11-14(18)17(20)15(19)12-13/h3,11-12,16,21H,1,4-10H2,2H3. The van der Waals surface area contributed by atoms with Gasteiger partial charge in [-0.05, 0) is 49.9 Å². The molecule has 1 aromatic carbocycles. The Labute approximate surface area is 125 Å². The molecule has 1 unspecified atom stereocenters. The number of hydrogen-bond acceptors (Lipinski definition) is 1. The van der Waals surface area contributed by atoms with E-state index in [9.17, 15) is 13.2 Å². The fourth-order valence-electron chi connectivity index (χ4n) is 2.30. The summed E-state index contributed by atoms with van der Waals surface area (Å²) in [6.45, 7) is 6.47. The van der Waals surface area contributed by atoms with Crippen LogP contribution in [0.4, 0.5) is 13.2 Å². The van der Waals surface area contributed by atoms with Crippen LogP contribution < -0.4 is 5.32 Å². The average molecular weight is 299 g/mol. The summed E-state index contributed by atoms with van der Waals surface area (Å²) in [5, 5.41) is 3.27. The van der Waals surface area contributed by atoms with E-state index in [0.29, 0.717) is 5.56 Å². The van der Waals surface area contributed by atoms with Crippen LogP contribution >= 0.6 is 0 Å². The third-order valence-electron chi connectivity index (χ3n) is 3.45. The molecule has 1 N–H and O–H groups in total. The molecule has 21 heavy (non-hydrogen) atoms. The van der Waals surface area contributed by atoms with Gasteiger partial charge in [-0.2, -0.15) is 0 Å². The van der Waals surface area contributed by atoms with E-state index < -0.39 is 17.5 Å². The highest BCUT2D eigenvalue weighted by Gasteiger charge is 2.16. The molecule has 1 nitrogen and oxygen atoms in total. The van der Waals surface area contributed by atoms with Crippen molar-refractivity contribution in [2.24, 2.45) is 0 Å². The van der Waals surface area contributed by atoms with Crippen molar-refractivity contribution in [1.29, 1.82) is 0 Å². The summed E-state index contributed by atoms with van der Waals surface area (Å²) in [7, 11) is 0. The summed E-state index contributed by atoms with van der Waals surface area (Å²) < 4.78 is 39.8. The van der Waals surface area contributed by atoms with Gasteiger partial charge < -0.3 is 5.32 Å². The van der Waals surface area contributed by atoms with Crippen LogP contribution in [-0.4, -0.2) is 6.54 Å². The zero-order chi connectivity index (χ0) is 15.7. The molecule has 0 aromatic heterocycles. The number of unbranched alkanes of at least 4 members (excludes halogenated alkanes) is 3. The van der Waals surface area contributed by atoms with E-state index in [1.165, 1.54) is 0 Å². The summed E-state index contributed by atoms with van der Waals surface area (Å²) in [5.74, 6) is -3.65. The Morgan fingerprint density at radius 3 is 2.38 bits per heavy atom. The molecule has 0 saturated carbocycles. The maximum absolute atomic E-state index is 13.4. The number of hydrogen-bond donors (Lipinski definition) is 1. The van der Waals surface area contributed by atoms with Crippen molar-refractivity contribution < 1.29 is 13.2 Å². The van der Waals surface area contributed by atoms with Crippen LogP contribution in [0.15, 0.2) is 24.8 Å². The SMILES string of the molecule is C=CCCCCCC(NCCC)c1cc(F)c(F)c(F)c1. The number of rotatable bonds is 10. The number of nitrogens with one attached hydrogen (secondary N) is 1. The first-order valence-electron chi connectivity index (χ1n) is 7.58. The molecular formula is C17H24F3N. The minimum absolute atomic E-state index is 0.140. The van der Waals surface area contributed by atoms with Gasteiger partial charge in [0.15, 0.2) is 17.5 Å². The average Bonchev–Trinajstić information content (AvgIpc) is 2.47. The van der Waals surface area contributed by atoms with Gasteiger partial charge in [0.25, 0.3) is 0 Å². The van der Waals surface area contributed by atoms with Crippen LogP contribution in [0.25, 0.3) is 0 Å². The zero-order valence-corrected chi connectivity index (χ0v) is 12.6. The smallest absolute Gasteiger partial charge is 0.194 e. The second kappa shape index (κ2) is 9.61. The molecule has 0 saturated heterocycles. The van der Waals surface area contributed by atoms with Crippen molar-refractivity contribution >= 4 is 0 Å². The van der Waals surface area contributed by atoms with Gasteiger partial charge in [-0.1, -0.05) is 25.8 Å². The van der Waals surface area contributed by atoms with Gasteiger partial charge in [0.1, 0.15) is 0 Å². The predicted octanol–water partition coefficient (Wildman–Crippen LogP) is 5.28. The summed E-state index contributed by atoms with van der Waals surface area (Å²) in [6.07, 6.45) is 7.64. The summed E-state index contributed by atoms with van der Waals surface area (Å²) >= 11 is 0. The summed E-state index contributed by atoms with van der Waals surface area (Å²) in [5.41, 5.74) is 0.476. The normalized spacial score (nSPS) is 12.4. The van der Waals surface area contributed by atoms with E-state index in [2.05, 4.69) is 11.9 Å². The second-order valence-corrected chi connectivity index (χ2v) is 5.23. The molecule has 0 aliphatic carbocycles. The highest BCUT2D eigenvalue weighted by Crippen LogP contribution is 2.24. The lowest BCUT2D eigenvalue weighted by Gasteiger charge is -2.19. The highest BCUT2D eigenvalue weighted by molar-refractivity contribution is 5.22. The van der Waals surface area contributed by atoms with E-state index in [1.54, 1.807) is 0 Å². The van der Waals surface area contributed by atoms with Crippen LogP contribution in [0.5, 0.6) is 0 Å². The van der Waals surface area contributed by atoms with E-state index >= 15 is 0 Å². The first kappa shape index (κ1) is 17.8. The first-order valence-corrected chi connectivity index (χ1v) is 7.58. The van der Waals surface area contributed by atoms with Crippen molar-refractivity contribution in [3.8, 4) is 0 Å². The van der Waals surface area contributed by atoms with Gasteiger partial charge in [0, 0.05) is 6.04 Å². The molecule has 0 spiro atoms. The molecular weight excluding hydrogens is 275 g/mol. The van der Waals surface area contributed by atoms with Gasteiger partial charge in [0.05, 0.1) is 0 Å². The molecule has 0 bridgehead atoms. The topological polar surface area (TPSA) is 12.0 Å². The van der Waals surface area contributed by atoms with Gasteiger partial charge >= 0.3 is 0 Å². The minimum Gasteiger partial charge on any atom is -0.310 e. The van der Waals surface area contributed by atoms with Gasteiger partial charge in [-0.25, -0.2) is 13.2 Å². The van der Waals surface area contributed by atoms with Gasteiger partial charge in [-0.15, -0.1) is 6.58 Å². The summed E-state index contributed by atoms with van der Waals surface area (Å²) in [6, 6.07) is 2.04. The monoisotopic (exact) mass is 299 g/mol. The van der Waals surface area contributed by atoms with Crippen LogP contribution in [-0.2, 0) is 0 Å². The Kier molecular flexibility index (Phi) is 8.13. The van der Waals surface area contributed by atoms with E-state index in [1.807, 2.05) is 13.0 Å². The molecule has 1 aromatic rings. The Bertz CT molecular complexity index is 423. The Balaban J connectivity index is 2.69. The number of halogens is 3. The lowest BCUT2D eigenvalue weighted by Crippen LogP contribution is -2.22. The van der Waals surface area contributed by atoms with E-state index in [-0.39, 0.29) is 6.04 Å². The Hall–Kier alpha value is -1.29. The van der Waals surface area contributed by atoms with Crippen molar-refractivity contribution in [2.45, 2.75) is 51.5 Å². The van der Waals surface area contributed by atoms with Gasteiger partial charge in [0.2, 0.25) is 0 Å². The maximum atomic E-state index is 13.4. The van der Waals surface area contributed by atoms with Gasteiger partial charge in [-0.3, -0.25) is 0 Å². The van der Waals surface area contributed by atoms with Crippen LogP contribution in [0, 0.1) is 17.5 Å². The van der Waals surface area contributed by atoms with Crippen molar-refractivity contribution in [3.05, 3.63) is 47.8 Å². The Morgan fingerprint density at radius 1 is 1.14 bits per heavy atom. The molecule has 0 fully saturated rings. The largest absolute Gasteiger partial charge is 0.310 e. The summed E-state index contributed by atoms with van der Waals surface area (Å²) in [4.78, 5) is 0. The molecule has 1 atom stereocenters. The Morgan fingerprint density at radius 2 is 1.81 bits per heavy atom.